The molecule has 0 saturated heterocycles. The van der Waals surface area contributed by atoms with E-state index in [1.165, 1.54) is 16.7 Å². The van der Waals surface area contributed by atoms with Gasteiger partial charge in [0.15, 0.2) is 5.69 Å². The van der Waals surface area contributed by atoms with Crippen LogP contribution in [0.5, 0.6) is 11.5 Å². The van der Waals surface area contributed by atoms with Crippen molar-refractivity contribution in [3.8, 4) is 22.1 Å². The summed E-state index contributed by atoms with van der Waals surface area (Å²) < 4.78 is 10.4. The van der Waals surface area contributed by atoms with E-state index in [0.717, 1.165) is 5.56 Å². The lowest BCUT2D eigenvalue weighted by molar-refractivity contribution is 0.0691. The molecule has 0 fully saturated rings. The Labute approximate surface area is 108 Å². The van der Waals surface area contributed by atoms with Gasteiger partial charge in [0.1, 0.15) is 16.5 Å². The minimum Gasteiger partial charge on any atom is -0.497 e. The van der Waals surface area contributed by atoms with Gasteiger partial charge >= 0.3 is 5.97 Å². The largest absolute Gasteiger partial charge is 0.497 e. The number of carboxylic acid groups (broad SMARTS) is 1. The molecule has 1 N–H and O–H groups in total. The van der Waals surface area contributed by atoms with Crippen LogP contribution in [0, 0.1) is 0 Å². The van der Waals surface area contributed by atoms with Gasteiger partial charge < -0.3 is 14.6 Å². The van der Waals surface area contributed by atoms with Gasteiger partial charge in [-0.1, -0.05) is 0 Å². The lowest BCUT2D eigenvalue weighted by Gasteiger charge is -2.07. The van der Waals surface area contributed by atoms with E-state index in [-0.39, 0.29) is 5.69 Å². The quantitative estimate of drug-likeness (QED) is 0.920. The highest BCUT2D eigenvalue weighted by molar-refractivity contribution is 7.13. The third-order valence-electron chi connectivity index (χ3n) is 2.36. The second kappa shape index (κ2) is 5.05. The number of benzene rings is 1. The third-order valence-corrected chi connectivity index (χ3v) is 3.24. The van der Waals surface area contributed by atoms with Crippen LogP contribution in [-0.2, 0) is 0 Å². The van der Waals surface area contributed by atoms with Crippen molar-refractivity contribution in [3.63, 3.8) is 0 Å². The fraction of sp³-hybridized carbons (Fsp3) is 0.167. The molecule has 0 saturated carbocycles. The number of carbonyl (C=O) groups is 1. The van der Waals surface area contributed by atoms with E-state index in [1.807, 2.05) is 0 Å². The average Bonchev–Trinajstić information content (AvgIpc) is 2.87. The van der Waals surface area contributed by atoms with E-state index < -0.39 is 5.97 Å². The monoisotopic (exact) mass is 265 g/mol. The zero-order chi connectivity index (χ0) is 13.1. The van der Waals surface area contributed by atoms with Crippen molar-refractivity contribution in [2.75, 3.05) is 14.2 Å². The highest BCUT2D eigenvalue weighted by atomic mass is 32.1. The number of methoxy groups -OCH3 is 2. The molecule has 0 amide bonds. The maximum atomic E-state index is 10.8. The average molecular weight is 265 g/mol. The molecule has 0 aliphatic rings. The third kappa shape index (κ3) is 2.28. The van der Waals surface area contributed by atoms with Crippen molar-refractivity contribution in [2.45, 2.75) is 0 Å². The second-order valence-corrected chi connectivity index (χ2v) is 4.27. The summed E-state index contributed by atoms with van der Waals surface area (Å²) in [6.07, 6.45) is 0. The van der Waals surface area contributed by atoms with Crippen molar-refractivity contribution in [2.24, 2.45) is 0 Å². The van der Waals surface area contributed by atoms with Crippen LogP contribution >= 0.6 is 11.3 Å². The molecule has 0 unspecified atom stereocenters. The fourth-order valence-corrected chi connectivity index (χ4v) is 2.29. The smallest absolute Gasteiger partial charge is 0.355 e. The molecule has 0 radical (unpaired) electrons. The standard InChI is InChI=1S/C12H11NO4S/c1-16-7-3-4-8(10(5-7)17-2)11-13-9(6-18-11)12(14)15/h3-6H,1-2H3,(H,14,15). The molecule has 2 aromatic rings. The summed E-state index contributed by atoms with van der Waals surface area (Å²) in [7, 11) is 3.12. The zero-order valence-electron chi connectivity index (χ0n) is 9.84. The Hall–Kier alpha value is -2.08. The molecule has 94 valence electrons. The van der Waals surface area contributed by atoms with Gasteiger partial charge in [-0.25, -0.2) is 9.78 Å². The van der Waals surface area contributed by atoms with Crippen LogP contribution < -0.4 is 9.47 Å². The minimum absolute atomic E-state index is 0.0351. The summed E-state index contributed by atoms with van der Waals surface area (Å²) in [6.45, 7) is 0. The number of thiazole rings is 1. The first-order chi connectivity index (χ1) is 8.65. The van der Waals surface area contributed by atoms with Gasteiger partial charge in [0, 0.05) is 11.4 Å². The van der Waals surface area contributed by atoms with Crippen LogP contribution in [0.1, 0.15) is 10.5 Å². The maximum absolute atomic E-state index is 10.8. The predicted octanol–water partition coefficient (Wildman–Crippen LogP) is 2.53. The van der Waals surface area contributed by atoms with Crippen molar-refractivity contribution in [3.05, 3.63) is 29.3 Å². The van der Waals surface area contributed by atoms with Crippen LogP contribution in [0.25, 0.3) is 10.6 Å². The topological polar surface area (TPSA) is 68.7 Å². The van der Waals surface area contributed by atoms with Crippen molar-refractivity contribution in [1.82, 2.24) is 4.98 Å². The highest BCUT2D eigenvalue weighted by Gasteiger charge is 2.14. The van der Waals surface area contributed by atoms with Gasteiger partial charge in [-0.05, 0) is 12.1 Å². The Morgan fingerprint density at radius 1 is 1.33 bits per heavy atom. The van der Waals surface area contributed by atoms with E-state index in [4.69, 9.17) is 14.6 Å². The molecule has 1 aromatic heterocycles. The van der Waals surface area contributed by atoms with Gasteiger partial charge in [-0.2, -0.15) is 0 Å². The summed E-state index contributed by atoms with van der Waals surface area (Å²) in [5.41, 5.74) is 0.781. The SMILES string of the molecule is COc1ccc(-c2nc(C(=O)O)cs2)c(OC)c1. The molecule has 0 spiro atoms. The molecule has 1 heterocycles. The molecule has 18 heavy (non-hydrogen) atoms. The fourth-order valence-electron chi connectivity index (χ4n) is 1.47. The molecule has 0 aliphatic carbocycles. The van der Waals surface area contributed by atoms with Crippen molar-refractivity contribution >= 4 is 17.3 Å². The zero-order valence-corrected chi connectivity index (χ0v) is 10.7. The second-order valence-electron chi connectivity index (χ2n) is 3.41. The molecular formula is C12H11NO4S. The van der Waals surface area contributed by atoms with E-state index in [2.05, 4.69) is 4.98 Å². The number of carboxylic acids is 1. The van der Waals surface area contributed by atoms with Gasteiger partial charge in [0.05, 0.1) is 19.8 Å². The molecule has 0 atom stereocenters. The van der Waals surface area contributed by atoms with E-state index in [1.54, 1.807) is 32.4 Å². The molecular weight excluding hydrogens is 254 g/mol. The summed E-state index contributed by atoms with van der Waals surface area (Å²) in [5, 5.41) is 11.0. The molecule has 0 bridgehead atoms. The molecule has 2 rings (SSSR count). The Kier molecular flexibility index (Phi) is 3.47. The summed E-state index contributed by atoms with van der Waals surface area (Å²) >= 11 is 1.26. The number of rotatable bonds is 4. The van der Waals surface area contributed by atoms with Crippen LogP contribution in [0.15, 0.2) is 23.6 Å². The lowest BCUT2D eigenvalue weighted by atomic mass is 10.2. The first-order valence-electron chi connectivity index (χ1n) is 5.07. The lowest BCUT2D eigenvalue weighted by Crippen LogP contribution is -1.96. The van der Waals surface area contributed by atoms with Crippen molar-refractivity contribution in [1.29, 1.82) is 0 Å². The number of hydrogen-bond acceptors (Lipinski definition) is 5. The maximum Gasteiger partial charge on any atom is 0.355 e. The Bertz CT molecular complexity index is 579. The van der Waals surface area contributed by atoms with E-state index >= 15 is 0 Å². The molecule has 1 aromatic carbocycles. The van der Waals surface area contributed by atoms with Crippen LogP contribution in [0.2, 0.25) is 0 Å². The van der Waals surface area contributed by atoms with E-state index in [0.29, 0.717) is 16.5 Å². The van der Waals surface area contributed by atoms with E-state index in [9.17, 15) is 4.79 Å². The molecule has 6 heteroatoms. The van der Waals surface area contributed by atoms with Crippen LogP contribution in [-0.4, -0.2) is 30.3 Å². The van der Waals surface area contributed by atoms with Crippen LogP contribution in [0.4, 0.5) is 0 Å². The van der Waals surface area contributed by atoms with Gasteiger partial charge in [0.25, 0.3) is 0 Å². The van der Waals surface area contributed by atoms with Gasteiger partial charge in [-0.15, -0.1) is 11.3 Å². The summed E-state index contributed by atoms with van der Waals surface area (Å²) in [4.78, 5) is 14.8. The normalized spacial score (nSPS) is 10.1. The van der Waals surface area contributed by atoms with Crippen LogP contribution in [0.3, 0.4) is 0 Å². The number of nitrogens with zero attached hydrogens (tertiary/aromatic N) is 1. The Balaban J connectivity index is 2.45. The number of aromatic nitrogens is 1. The summed E-state index contributed by atoms with van der Waals surface area (Å²) in [6, 6.07) is 5.30. The van der Waals surface area contributed by atoms with Crippen molar-refractivity contribution < 1.29 is 19.4 Å². The highest BCUT2D eigenvalue weighted by Crippen LogP contribution is 2.34. The number of hydrogen-bond donors (Lipinski definition) is 1. The molecule has 0 aliphatic heterocycles. The first-order valence-corrected chi connectivity index (χ1v) is 5.95. The predicted molar refractivity (Wildman–Crippen MR) is 67.6 cm³/mol. The molecule has 5 nitrogen and oxygen atoms in total. The number of aromatic carboxylic acids is 1. The Morgan fingerprint density at radius 3 is 2.67 bits per heavy atom. The number of ether oxygens (including phenoxy) is 2. The minimum atomic E-state index is -1.04. The first kappa shape index (κ1) is 12.4. The van der Waals surface area contributed by atoms with Gasteiger partial charge in [-0.3, -0.25) is 0 Å². The summed E-state index contributed by atoms with van der Waals surface area (Å²) in [5.74, 6) is 0.233. The van der Waals surface area contributed by atoms with Gasteiger partial charge in [0.2, 0.25) is 0 Å². The Morgan fingerprint density at radius 2 is 2.11 bits per heavy atom.